The third-order valence-electron chi connectivity index (χ3n) is 2.03. The number of aromatic nitrogens is 2. The SMILES string of the molecule is Cc1nn(CCC#N)c(C)c1C(=O)O. The Kier molecular flexibility index (Phi) is 2.87. The number of hydrogen-bond donors (Lipinski definition) is 1. The molecule has 74 valence electrons. The largest absolute Gasteiger partial charge is 0.478 e. The van der Waals surface area contributed by atoms with E-state index in [2.05, 4.69) is 5.10 Å². The van der Waals surface area contributed by atoms with Crippen LogP contribution in [0.15, 0.2) is 0 Å². The fourth-order valence-corrected chi connectivity index (χ4v) is 1.38. The van der Waals surface area contributed by atoms with Crippen molar-refractivity contribution in [3.8, 4) is 6.07 Å². The smallest absolute Gasteiger partial charge is 0.339 e. The predicted molar refractivity (Wildman–Crippen MR) is 48.9 cm³/mol. The molecule has 0 spiro atoms. The molecule has 5 nitrogen and oxygen atoms in total. The second-order valence-electron chi connectivity index (χ2n) is 2.98. The van der Waals surface area contributed by atoms with Crippen LogP contribution >= 0.6 is 0 Å². The molecule has 0 radical (unpaired) electrons. The van der Waals surface area contributed by atoms with Crippen LogP contribution in [-0.2, 0) is 6.54 Å². The molecule has 1 N–H and O–H groups in total. The topological polar surface area (TPSA) is 78.9 Å². The molecule has 0 aromatic carbocycles. The molecule has 1 aromatic heterocycles. The van der Waals surface area contributed by atoms with Gasteiger partial charge >= 0.3 is 5.97 Å². The monoisotopic (exact) mass is 193 g/mol. The Morgan fingerprint density at radius 1 is 1.64 bits per heavy atom. The van der Waals surface area contributed by atoms with Gasteiger partial charge in [0.25, 0.3) is 0 Å². The first-order chi connectivity index (χ1) is 6.57. The Balaban J connectivity index is 3.05. The van der Waals surface area contributed by atoms with Gasteiger partial charge in [-0.2, -0.15) is 10.4 Å². The number of carboxylic acid groups (broad SMARTS) is 1. The Bertz CT molecular complexity index is 401. The maximum absolute atomic E-state index is 10.8. The van der Waals surface area contributed by atoms with Crippen LogP contribution in [0, 0.1) is 25.2 Å². The number of nitriles is 1. The van der Waals surface area contributed by atoms with Gasteiger partial charge in [-0.25, -0.2) is 4.79 Å². The summed E-state index contributed by atoms with van der Waals surface area (Å²) in [4.78, 5) is 10.8. The van der Waals surface area contributed by atoms with Crippen molar-refractivity contribution in [1.29, 1.82) is 5.26 Å². The van der Waals surface area contributed by atoms with Crippen LogP contribution in [0.2, 0.25) is 0 Å². The minimum absolute atomic E-state index is 0.239. The van der Waals surface area contributed by atoms with E-state index < -0.39 is 5.97 Å². The van der Waals surface area contributed by atoms with Crippen LogP contribution < -0.4 is 0 Å². The number of nitrogens with zero attached hydrogens (tertiary/aromatic N) is 3. The number of aromatic carboxylic acids is 1. The van der Waals surface area contributed by atoms with E-state index in [0.717, 1.165) is 0 Å². The molecular formula is C9H11N3O2. The molecule has 0 fully saturated rings. The number of aryl methyl sites for hydroxylation is 2. The first-order valence-corrected chi connectivity index (χ1v) is 4.22. The van der Waals surface area contributed by atoms with Crippen molar-refractivity contribution in [2.24, 2.45) is 0 Å². The van der Waals surface area contributed by atoms with Crippen LogP contribution in [0.5, 0.6) is 0 Å². The molecule has 0 aliphatic heterocycles. The van der Waals surface area contributed by atoms with Crippen molar-refractivity contribution in [2.75, 3.05) is 0 Å². The van der Waals surface area contributed by atoms with E-state index in [1.54, 1.807) is 18.5 Å². The molecule has 5 heteroatoms. The Morgan fingerprint density at radius 2 is 2.29 bits per heavy atom. The van der Waals surface area contributed by atoms with E-state index in [1.807, 2.05) is 6.07 Å². The minimum Gasteiger partial charge on any atom is -0.478 e. The average molecular weight is 193 g/mol. The summed E-state index contributed by atoms with van der Waals surface area (Å²) in [6, 6.07) is 1.99. The van der Waals surface area contributed by atoms with Crippen molar-refractivity contribution >= 4 is 5.97 Å². The summed E-state index contributed by atoms with van der Waals surface area (Å²) in [7, 11) is 0. The summed E-state index contributed by atoms with van der Waals surface area (Å²) in [5.41, 5.74) is 1.33. The van der Waals surface area contributed by atoms with Crippen molar-refractivity contribution in [2.45, 2.75) is 26.8 Å². The van der Waals surface area contributed by atoms with Gasteiger partial charge in [0.2, 0.25) is 0 Å². The maximum Gasteiger partial charge on any atom is 0.339 e. The Hall–Kier alpha value is -1.83. The van der Waals surface area contributed by atoms with Crippen LogP contribution in [0.1, 0.15) is 28.2 Å². The molecule has 0 unspecified atom stereocenters. The molecule has 0 bridgehead atoms. The highest BCUT2D eigenvalue weighted by atomic mass is 16.4. The number of rotatable bonds is 3. The van der Waals surface area contributed by atoms with Gasteiger partial charge in [0.05, 0.1) is 30.4 Å². The molecule has 1 aromatic rings. The summed E-state index contributed by atoms with van der Waals surface area (Å²) in [6.07, 6.45) is 0.334. The van der Waals surface area contributed by atoms with Gasteiger partial charge in [0.1, 0.15) is 5.56 Å². The zero-order valence-corrected chi connectivity index (χ0v) is 8.11. The van der Waals surface area contributed by atoms with E-state index in [1.165, 1.54) is 0 Å². The van der Waals surface area contributed by atoms with Gasteiger partial charge in [-0.1, -0.05) is 0 Å². The molecule has 0 saturated carbocycles. The van der Waals surface area contributed by atoms with Crippen molar-refractivity contribution in [3.63, 3.8) is 0 Å². The van der Waals surface area contributed by atoms with E-state index in [9.17, 15) is 4.79 Å². The highest BCUT2D eigenvalue weighted by Gasteiger charge is 2.16. The quantitative estimate of drug-likeness (QED) is 0.779. The number of carbonyl (C=O) groups is 1. The first kappa shape index (κ1) is 10.3. The summed E-state index contributed by atoms with van der Waals surface area (Å²) < 4.78 is 1.56. The van der Waals surface area contributed by atoms with E-state index in [-0.39, 0.29) is 5.56 Å². The van der Waals surface area contributed by atoms with Gasteiger partial charge in [0.15, 0.2) is 0 Å². The number of carboxylic acids is 1. The van der Waals surface area contributed by atoms with Crippen molar-refractivity contribution in [3.05, 3.63) is 17.0 Å². The lowest BCUT2D eigenvalue weighted by Crippen LogP contribution is -2.04. The van der Waals surface area contributed by atoms with Crippen molar-refractivity contribution < 1.29 is 9.90 Å². The van der Waals surface area contributed by atoms with Gasteiger partial charge in [-0.3, -0.25) is 4.68 Å². The molecule has 14 heavy (non-hydrogen) atoms. The molecule has 0 aliphatic rings. The fourth-order valence-electron chi connectivity index (χ4n) is 1.38. The highest BCUT2D eigenvalue weighted by molar-refractivity contribution is 5.90. The summed E-state index contributed by atoms with van der Waals surface area (Å²) in [6.45, 7) is 3.79. The second-order valence-corrected chi connectivity index (χ2v) is 2.98. The summed E-state index contributed by atoms with van der Waals surface area (Å²) in [5.74, 6) is -0.969. The third-order valence-corrected chi connectivity index (χ3v) is 2.03. The lowest BCUT2D eigenvalue weighted by atomic mass is 10.2. The van der Waals surface area contributed by atoms with Crippen LogP contribution in [0.25, 0.3) is 0 Å². The van der Waals surface area contributed by atoms with Gasteiger partial charge in [-0.05, 0) is 13.8 Å². The van der Waals surface area contributed by atoms with Gasteiger partial charge in [-0.15, -0.1) is 0 Å². The zero-order valence-electron chi connectivity index (χ0n) is 8.11. The maximum atomic E-state index is 10.8. The average Bonchev–Trinajstić information content (AvgIpc) is 2.38. The molecule has 0 aliphatic carbocycles. The molecule has 0 amide bonds. The van der Waals surface area contributed by atoms with Crippen LogP contribution in [-0.4, -0.2) is 20.9 Å². The third kappa shape index (κ3) is 1.74. The lowest BCUT2D eigenvalue weighted by Gasteiger charge is -1.99. The highest BCUT2D eigenvalue weighted by Crippen LogP contribution is 2.12. The molecule has 0 atom stereocenters. The number of hydrogen-bond acceptors (Lipinski definition) is 3. The van der Waals surface area contributed by atoms with Crippen molar-refractivity contribution in [1.82, 2.24) is 9.78 Å². The van der Waals surface area contributed by atoms with Gasteiger partial charge in [0, 0.05) is 0 Å². The first-order valence-electron chi connectivity index (χ1n) is 4.22. The summed E-state index contributed by atoms with van der Waals surface area (Å²) >= 11 is 0. The standard InChI is InChI=1S/C9H11N3O2/c1-6-8(9(13)14)7(2)12(11-6)5-3-4-10/h3,5H2,1-2H3,(H,13,14). The molecule has 1 rings (SSSR count). The summed E-state index contributed by atoms with van der Waals surface area (Å²) in [5, 5.41) is 21.3. The molecule has 1 heterocycles. The normalized spacial score (nSPS) is 9.79. The lowest BCUT2D eigenvalue weighted by molar-refractivity contribution is 0.0695. The van der Waals surface area contributed by atoms with E-state index >= 15 is 0 Å². The Morgan fingerprint density at radius 3 is 2.71 bits per heavy atom. The Labute approximate surface area is 81.6 Å². The molecule has 0 saturated heterocycles. The molecular weight excluding hydrogens is 182 g/mol. The minimum atomic E-state index is -0.969. The van der Waals surface area contributed by atoms with Crippen LogP contribution in [0.3, 0.4) is 0 Å². The zero-order chi connectivity index (χ0) is 10.7. The van der Waals surface area contributed by atoms with Crippen LogP contribution in [0.4, 0.5) is 0 Å². The van der Waals surface area contributed by atoms with E-state index in [0.29, 0.717) is 24.4 Å². The predicted octanol–water partition coefficient (Wildman–Crippen LogP) is 1.11. The van der Waals surface area contributed by atoms with Gasteiger partial charge < -0.3 is 5.11 Å². The van der Waals surface area contributed by atoms with E-state index in [4.69, 9.17) is 10.4 Å². The fraction of sp³-hybridized carbons (Fsp3) is 0.444. The second kappa shape index (κ2) is 3.92.